The van der Waals surface area contributed by atoms with E-state index < -0.39 is 4.92 Å². The van der Waals surface area contributed by atoms with Gasteiger partial charge in [-0.1, -0.05) is 0 Å². The normalized spacial score (nSPS) is 20.8. The molecule has 2 saturated heterocycles. The summed E-state index contributed by atoms with van der Waals surface area (Å²) >= 11 is 0. The number of piperidine rings is 1. The highest BCUT2D eigenvalue weighted by Crippen LogP contribution is 2.29. The fraction of sp³-hybridized carbons (Fsp3) is 0.611. The molecule has 7 heteroatoms. The predicted molar refractivity (Wildman–Crippen MR) is 95.1 cm³/mol. The lowest BCUT2D eigenvalue weighted by atomic mass is 10.1. The number of carbonyl (C=O) groups excluding carboxylic acids is 1. The number of hydrogen-bond acceptors (Lipinski definition) is 5. The lowest BCUT2D eigenvalue weighted by Gasteiger charge is -2.34. The zero-order valence-corrected chi connectivity index (χ0v) is 14.6. The fourth-order valence-corrected chi connectivity index (χ4v) is 3.69. The Hall–Kier alpha value is -2.15. The molecule has 1 atom stereocenters. The molecule has 3 rings (SSSR count). The summed E-state index contributed by atoms with van der Waals surface area (Å²) in [6, 6.07) is 4.89. The summed E-state index contributed by atoms with van der Waals surface area (Å²) in [6.45, 7) is 5.64. The minimum Gasteiger partial charge on any atom is -0.377 e. The van der Waals surface area contributed by atoms with Crippen LogP contribution in [0.25, 0.3) is 0 Å². The van der Waals surface area contributed by atoms with E-state index >= 15 is 0 Å². The monoisotopic (exact) mass is 347 g/mol. The van der Waals surface area contributed by atoms with E-state index in [9.17, 15) is 14.9 Å². The average molecular weight is 347 g/mol. The lowest BCUT2D eigenvalue weighted by molar-refractivity contribution is -0.385. The Morgan fingerprint density at radius 1 is 1.28 bits per heavy atom. The van der Waals surface area contributed by atoms with Crippen LogP contribution in [0.5, 0.6) is 0 Å². The summed E-state index contributed by atoms with van der Waals surface area (Å²) in [6.07, 6.45) is 4.13. The van der Waals surface area contributed by atoms with Crippen molar-refractivity contribution < 1.29 is 14.5 Å². The zero-order valence-electron chi connectivity index (χ0n) is 14.6. The van der Waals surface area contributed by atoms with E-state index in [1.807, 2.05) is 6.92 Å². The maximum atomic E-state index is 12.8. The van der Waals surface area contributed by atoms with Crippen molar-refractivity contribution >= 4 is 17.3 Å². The van der Waals surface area contributed by atoms with Gasteiger partial charge in [0.05, 0.1) is 11.0 Å². The number of amides is 1. The summed E-state index contributed by atoms with van der Waals surface area (Å²) in [5, 5.41) is 11.4. The molecule has 0 aliphatic carbocycles. The van der Waals surface area contributed by atoms with Crippen LogP contribution in [0.2, 0.25) is 0 Å². The number of nitrogens with zero attached hydrogens (tertiary/aromatic N) is 3. The van der Waals surface area contributed by atoms with Gasteiger partial charge in [-0.2, -0.15) is 0 Å². The van der Waals surface area contributed by atoms with Gasteiger partial charge in [-0.25, -0.2) is 0 Å². The van der Waals surface area contributed by atoms with Crippen molar-refractivity contribution in [2.75, 3.05) is 37.7 Å². The van der Waals surface area contributed by atoms with E-state index in [2.05, 4.69) is 4.90 Å². The summed E-state index contributed by atoms with van der Waals surface area (Å²) in [5.74, 6) is -0.232. The van der Waals surface area contributed by atoms with Crippen molar-refractivity contribution in [2.24, 2.45) is 0 Å². The maximum absolute atomic E-state index is 12.8. The molecule has 2 aliphatic heterocycles. The molecule has 0 bridgehead atoms. The number of rotatable bonds is 5. The Bertz CT molecular complexity index is 641. The number of nitro benzene ring substituents is 1. The van der Waals surface area contributed by atoms with E-state index in [4.69, 9.17) is 4.74 Å². The Kier molecular flexibility index (Phi) is 5.53. The Balaban J connectivity index is 1.87. The van der Waals surface area contributed by atoms with Crippen molar-refractivity contribution in [1.82, 2.24) is 4.90 Å². The van der Waals surface area contributed by atoms with Crippen LogP contribution in [-0.2, 0) is 4.74 Å². The van der Waals surface area contributed by atoms with Gasteiger partial charge >= 0.3 is 0 Å². The second kappa shape index (κ2) is 7.82. The number of ether oxygens (including phenoxy) is 1. The first-order valence-electron chi connectivity index (χ1n) is 9.04. The van der Waals surface area contributed by atoms with E-state index in [1.165, 1.54) is 6.07 Å². The van der Waals surface area contributed by atoms with Crippen molar-refractivity contribution in [1.29, 1.82) is 0 Å². The van der Waals surface area contributed by atoms with Gasteiger partial charge in [0.2, 0.25) is 0 Å². The molecule has 1 aromatic carbocycles. The quantitative estimate of drug-likeness (QED) is 0.605. The molecule has 0 aromatic heterocycles. The summed E-state index contributed by atoms with van der Waals surface area (Å²) in [7, 11) is 0. The molecule has 136 valence electrons. The molecular weight excluding hydrogens is 322 g/mol. The van der Waals surface area contributed by atoms with E-state index in [1.54, 1.807) is 17.0 Å². The molecule has 1 unspecified atom stereocenters. The van der Waals surface area contributed by atoms with Crippen LogP contribution in [-0.4, -0.2) is 54.6 Å². The van der Waals surface area contributed by atoms with Crippen LogP contribution in [0.4, 0.5) is 11.4 Å². The third kappa shape index (κ3) is 3.92. The van der Waals surface area contributed by atoms with Gasteiger partial charge in [0.15, 0.2) is 0 Å². The topological polar surface area (TPSA) is 75.9 Å². The molecule has 25 heavy (non-hydrogen) atoms. The van der Waals surface area contributed by atoms with E-state index in [0.29, 0.717) is 19.7 Å². The lowest BCUT2D eigenvalue weighted by Crippen LogP contribution is -2.40. The molecule has 0 radical (unpaired) electrons. The van der Waals surface area contributed by atoms with Crippen LogP contribution in [0, 0.1) is 10.1 Å². The highest BCUT2D eigenvalue weighted by molar-refractivity contribution is 5.99. The first kappa shape index (κ1) is 17.7. The first-order valence-corrected chi connectivity index (χ1v) is 9.04. The largest absolute Gasteiger partial charge is 0.377 e. The van der Waals surface area contributed by atoms with Gasteiger partial charge < -0.3 is 14.5 Å². The molecule has 7 nitrogen and oxygen atoms in total. The second-order valence-electron chi connectivity index (χ2n) is 6.62. The minimum atomic E-state index is -0.466. The third-order valence-corrected chi connectivity index (χ3v) is 4.95. The van der Waals surface area contributed by atoms with Crippen molar-refractivity contribution in [3.05, 3.63) is 33.9 Å². The molecule has 0 N–H and O–H groups in total. The Labute approximate surface area is 147 Å². The van der Waals surface area contributed by atoms with Crippen LogP contribution in [0.3, 0.4) is 0 Å². The summed E-state index contributed by atoms with van der Waals surface area (Å²) in [4.78, 5) is 27.5. The molecule has 1 aromatic rings. The smallest absolute Gasteiger partial charge is 0.282 e. The highest BCUT2D eigenvalue weighted by atomic mass is 16.6. The van der Waals surface area contributed by atoms with E-state index in [-0.39, 0.29) is 23.3 Å². The van der Waals surface area contributed by atoms with Gasteiger partial charge in [-0.3, -0.25) is 14.9 Å². The van der Waals surface area contributed by atoms with Gasteiger partial charge in [0.1, 0.15) is 5.56 Å². The zero-order chi connectivity index (χ0) is 17.8. The average Bonchev–Trinajstić information content (AvgIpc) is 3.15. The molecule has 1 amide bonds. The fourth-order valence-electron chi connectivity index (χ4n) is 3.69. The van der Waals surface area contributed by atoms with Crippen LogP contribution >= 0.6 is 0 Å². The predicted octanol–water partition coefficient (Wildman–Crippen LogP) is 2.84. The number of hydrogen-bond donors (Lipinski definition) is 0. The molecule has 0 saturated carbocycles. The van der Waals surface area contributed by atoms with Crippen molar-refractivity contribution in [2.45, 2.75) is 38.7 Å². The van der Waals surface area contributed by atoms with Gasteiger partial charge in [-0.15, -0.1) is 0 Å². The molecular formula is C18H25N3O4. The SMILES string of the molecule is CCOC1CCCN(c2ccc([N+](=O)[O-])c(C(=O)N3CCCC3)c2)C1. The molecule has 0 spiro atoms. The van der Waals surface area contributed by atoms with E-state index in [0.717, 1.165) is 44.5 Å². The van der Waals surface area contributed by atoms with Crippen molar-refractivity contribution in [3.8, 4) is 0 Å². The number of anilines is 1. The molecule has 2 fully saturated rings. The van der Waals surface area contributed by atoms with Crippen LogP contribution in [0.1, 0.15) is 43.0 Å². The van der Waals surface area contributed by atoms with Crippen LogP contribution < -0.4 is 4.90 Å². The van der Waals surface area contributed by atoms with Crippen molar-refractivity contribution in [3.63, 3.8) is 0 Å². The third-order valence-electron chi connectivity index (χ3n) is 4.95. The van der Waals surface area contributed by atoms with Gasteiger partial charge in [0.25, 0.3) is 11.6 Å². The summed E-state index contributed by atoms with van der Waals surface area (Å²) in [5.41, 5.74) is 0.944. The standard InChI is InChI=1S/C18H25N3O4/c1-2-25-15-6-5-11-20(13-15)14-7-8-17(21(23)24)16(12-14)18(22)19-9-3-4-10-19/h7-8,12,15H,2-6,9-11,13H2,1H3. The Morgan fingerprint density at radius 2 is 2.04 bits per heavy atom. The number of nitro groups is 1. The van der Waals surface area contributed by atoms with Gasteiger partial charge in [0, 0.05) is 44.5 Å². The number of likely N-dealkylation sites (tertiary alicyclic amines) is 1. The second-order valence-corrected chi connectivity index (χ2v) is 6.62. The van der Waals surface area contributed by atoms with Gasteiger partial charge in [-0.05, 0) is 44.7 Å². The van der Waals surface area contributed by atoms with Crippen LogP contribution in [0.15, 0.2) is 18.2 Å². The molecule has 2 heterocycles. The number of carbonyl (C=O) groups is 1. The first-order chi connectivity index (χ1) is 12.1. The minimum absolute atomic E-state index is 0.112. The summed E-state index contributed by atoms with van der Waals surface area (Å²) < 4.78 is 5.73. The maximum Gasteiger partial charge on any atom is 0.282 e. The molecule has 2 aliphatic rings. The Morgan fingerprint density at radius 3 is 2.72 bits per heavy atom. The highest BCUT2D eigenvalue weighted by Gasteiger charge is 2.28. The number of benzene rings is 1.